The molecule has 0 radical (unpaired) electrons. The van der Waals surface area contributed by atoms with Crippen LogP contribution in [0.25, 0.3) is 33.7 Å². The van der Waals surface area contributed by atoms with Crippen LogP contribution >= 0.6 is 0 Å². The fraction of sp³-hybridized carbons (Fsp3) is 0.382. The summed E-state index contributed by atoms with van der Waals surface area (Å²) in [4.78, 5) is 33.6. The van der Waals surface area contributed by atoms with Crippen molar-refractivity contribution >= 4 is 23.4 Å². The van der Waals surface area contributed by atoms with E-state index in [0.717, 1.165) is 59.1 Å². The van der Waals surface area contributed by atoms with Crippen LogP contribution in [0.4, 0.5) is 0 Å². The Labute approximate surface area is 262 Å². The van der Waals surface area contributed by atoms with Crippen molar-refractivity contribution in [1.29, 1.82) is 0 Å². The zero-order chi connectivity index (χ0) is 31.8. The van der Waals surface area contributed by atoms with Crippen LogP contribution in [0.1, 0.15) is 80.6 Å². The lowest BCUT2D eigenvalue weighted by Gasteiger charge is -2.15. The average Bonchev–Trinajstić information content (AvgIpc) is 3.68. The van der Waals surface area contributed by atoms with E-state index in [9.17, 15) is 9.59 Å². The first-order valence-electron chi connectivity index (χ1n) is 15.5. The number of aromatic nitrogens is 7. The lowest BCUT2D eigenvalue weighted by molar-refractivity contribution is -0.143. The van der Waals surface area contributed by atoms with Crippen molar-refractivity contribution in [3.8, 4) is 22.5 Å². The molecule has 234 valence electrons. The maximum Gasteiger partial charge on any atom is 0.306 e. The normalized spacial score (nSPS) is 12.0. The number of ether oxygens (including phenoxy) is 2. The number of tetrazole rings is 1. The molecule has 2 aromatic carbocycles. The molecule has 5 rings (SSSR count). The second kappa shape index (κ2) is 14.8. The molecule has 0 saturated carbocycles. The highest BCUT2D eigenvalue weighted by Gasteiger charge is 2.19. The third kappa shape index (κ3) is 7.15. The van der Waals surface area contributed by atoms with Gasteiger partial charge in [0.1, 0.15) is 17.0 Å². The largest absolute Gasteiger partial charge is 0.466 e. The number of carbonyl (C=O) groups excluding carboxylic acids is 2. The predicted molar refractivity (Wildman–Crippen MR) is 171 cm³/mol. The number of carbonyl (C=O) groups is 2. The molecule has 1 atom stereocenters. The maximum absolute atomic E-state index is 12.0. The van der Waals surface area contributed by atoms with Crippen LogP contribution in [-0.4, -0.2) is 60.2 Å². The standard InChI is InChI=1S/C34H39N7O4/c1-5-8-13-31-35-29-20-26(18-19-32(43)45-7-3)30(22-42)36-34(29)40(31)21-24-14-16-25(17-15-24)27-11-9-10-12-28(27)33-37-38-39-41(33)23(4)44-6-2/h9-12,14-17,20,22-23H,5-8,13,18-19,21H2,1-4H3. The highest BCUT2D eigenvalue weighted by atomic mass is 16.5. The van der Waals surface area contributed by atoms with E-state index in [1.807, 2.05) is 38.1 Å². The Bertz CT molecular complexity index is 1760. The summed E-state index contributed by atoms with van der Waals surface area (Å²) >= 11 is 0. The van der Waals surface area contributed by atoms with Gasteiger partial charge in [-0.2, -0.15) is 4.68 Å². The molecule has 45 heavy (non-hydrogen) atoms. The number of rotatable bonds is 15. The molecule has 0 aliphatic rings. The molecular weight excluding hydrogens is 570 g/mol. The second-order valence-electron chi connectivity index (χ2n) is 10.8. The monoisotopic (exact) mass is 609 g/mol. The molecule has 0 bridgehead atoms. The van der Waals surface area contributed by atoms with Gasteiger partial charge < -0.3 is 14.0 Å². The summed E-state index contributed by atoms with van der Waals surface area (Å²) in [6, 6.07) is 18.3. The van der Waals surface area contributed by atoms with Crippen molar-refractivity contribution in [2.24, 2.45) is 0 Å². The van der Waals surface area contributed by atoms with Gasteiger partial charge in [-0.15, -0.1) is 5.10 Å². The van der Waals surface area contributed by atoms with Crippen molar-refractivity contribution in [3.63, 3.8) is 0 Å². The van der Waals surface area contributed by atoms with E-state index < -0.39 is 0 Å². The number of hydrogen-bond acceptors (Lipinski definition) is 9. The van der Waals surface area contributed by atoms with Crippen molar-refractivity contribution in [3.05, 3.63) is 77.2 Å². The van der Waals surface area contributed by atoms with Gasteiger partial charge in [0, 0.05) is 25.0 Å². The Kier molecular flexibility index (Phi) is 10.4. The smallest absolute Gasteiger partial charge is 0.306 e. The minimum Gasteiger partial charge on any atom is -0.466 e. The quantitative estimate of drug-likeness (QED) is 0.104. The number of imidazole rings is 1. The first-order chi connectivity index (χ1) is 22.0. The number of pyridine rings is 1. The number of aryl methyl sites for hydroxylation is 2. The van der Waals surface area contributed by atoms with Crippen LogP contribution in [0.3, 0.4) is 0 Å². The van der Waals surface area contributed by atoms with Crippen molar-refractivity contribution in [1.82, 2.24) is 34.7 Å². The molecular formula is C34H39N7O4. The Morgan fingerprint density at radius 2 is 1.76 bits per heavy atom. The lowest BCUT2D eigenvalue weighted by Crippen LogP contribution is -2.12. The van der Waals surface area contributed by atoms with Gasteiger partial charge >= 0.3 is 5.97 Å². The van der Waals surface area contributed by atoms with Crippen LogP contribution < -0.4 is 0 Å². The zero-order valence-corrected chi connectivity index (χ0v) is 26.3. The first-order valence-corrected chi connectivity index (χ1v) is 15.5. The molecule has 3 heterocycles. The summed E-state index contributed by atoms with van der Waals surface area (Å²) in [5.74, 6) is 1.26. The van der Waals surface area contributed by atoms with Gasteiger partial charge in [0.05, 0.1) is 13.2 Å². The summed E-state index contributed by atoms with van der Waals surface area (Å²) in [6.07, 6.45) is 3.80. The van der Waals surface area contributed by atoms with Crippen molar-refractivity contribution in [2.45, 2.75) is 72.6 Å². The number of esters is 1. The number of nitrogens with zero attached hydrogens (tertiary/aromatic N) is 7. The Morgan fingerprint density at radius 3 is 2.47 bits per heavy atom. The molecule has 0 saturated heterocycles. The maximum atomic E-state index is 12.0. The summed E-state index contributed by atoms with van der Waals surface area (Å²) in [5.41, 5.74) is 6.42. The minimum atomic E-state index is -0.302. The average molecular weight is 610 g/mol. The van der Waals surface area contributed by atoms with Gasteiger partial charge in [-0.25, -0.2) is 9.97 Å². The van der Waals surface area contributed by atoms with Crippen LogP contribution in [0, 0.1) is 0 Å². The number of benzene rings is 2. The molecule has 0 aliphatic carbocycles. The second-order valence-corrected chi connectivity index (χ2v) is 10.8. The van der Waals surface area contributed by atoms with Gasteiger partial charge in [-0.3, -0.25) is 9.59 Å². The Hall–Kier alpha value is -4.77. The van der Waals surface area contributed by atoms with Crippen molar-refractivity contribution in [2.75, 3.05) is 13.2 Å². The number of aldehydes is 1. The summed E-state index contributed by atoms with van der Waals surface area (Å²) in [7, 11) is 0. The summed E-state index contributed by atoms with van der Waals surface area (Å²) in [6.45, 7) is 9.22. The van der Waals surface area contributed by atoms with E-state index in [4.69, 9.17) is 19.4 Å². The van der Waals surface area contributed by atoms with Gasteiger partial charge in [0.15, 0.2) is 24.0 Å². The molecule has 3 aromatic heterocycles. The first kappa shape index (κ1) is 31.6. The minimum absolute atomic E-state index is 0.182. The summed E-state index contributed by atoms with van der Waals surface area (Å²) < 4.78 is 14.6. The molecule has 11 nitrogen and oxygen atoms in total. The third-order valence-electron chi connectivity index (χ3n) is 7.70. The Balaban J connectivity index is 1.45. The van der Waals surface area contributed by atoms with Crippen LogP contribution in [0.2, 0.25) is 0 Å². The van der Waals surface area contributed by atoms with Gasteiger partial charge in [-0.05, 0) is 72.4 Å². The fourth-order valence-electron chi connectivity index (χ4n) is 5.44. The molecule has 0 amide bonds. The van der Waals surface area contributed by atoms with E-state index in [0.29, 0.717) is 48.9 Å². The molecule has 0 N–H and O–H groups in total. The zero-order valence-electron chi connectivity index (χ0n) is 26.3. The predicted octanol–water partition coefficient (Wildman–Crippen LogP) is 6.01. The molecule has 11 heteroatoms. The van der Waals surface area contributed by atoms with Gasteiger partial charge in [-0.1, -0.05) is 61.9 Å². The number of unbranched alkanes of at least 4 members (excludes halogenated alkanes) is 1. The van der Waals surface area contributed by atoms with E-state index in [1.165, 1.54) is 0 Å². The Morgan fingerprint density at radius 1 is 0.978 bits per heavy atom. The van der Waals surface area contributed by atoms with E-state index in [2.05, 4.69) is 57.3 Å². The van der Waals surface area contributed by atoms with E-state index in [-0.39, 0.29) is 18.6 Å². The number of hydrogen-bond donors (Lipinski definition) is 0. The highest BCUT2D eigenvalue weighted by Crippen LogP contribution is 2.32. The SMILES string of the molecule is CCCCc1nc2cc(CCC(=O)OCC)c(C=O)nc2n1Cc1ccc(-c2ccccc2-c2nnnn2C(C)OCC)cc1. The molecule has 0 fully saturated rings. The van der Waals surface area contributed by atoms with E-state index in [1.54, 1.807) is 11.6 Å². The molecule has 5 aromatic rings. The number of fused-ring (bicyclic) bond motifs is 1. The van der Waals surface area contributed by atoms with E-state index >= 15 is 0 Å². The highest BCUT2D eigenvalue weighted by molar-refractivity contribution is 5.83. The van der Waals surface area contributed by atoms with Crippen molar-refractivity contribution < 1.29 is 19.1 Å². The van der Waals surface area contributed by atoms with Crippen LogP contribution in [-0.2, 0) is 33.7 Å². The third-order valence-corrected chi connectivity index (χ3v) is 7.70. The van der Waals surface area contributed by atoms with Gasteiger partial charge in [0.25, 0.3) is 0 Å². The molecule has 0 spiro atoms. The molecule has 1 unspecified atom stereocenters. The topological polar surface area (TPSA) is 127 Å². The summed E-state index contributed by atoms with van der Waals surface area (Å²) in [5, 5.41) is 12.4. The lowest BCUT2D eigenvalue weighted by atomic mass is 9.98. The van der Waals surface area contributed by atoms with Crippen LogP contribution in [0.5, 0.6) is 0 Å². The molecule has 0 aliphatic heterocycles. The van der Waals surface area contributed by atoms with Gasteiger partial charge in [0.2, 0.25) is 0 Å². The fourth-order valence-corrected chi connectivity index (χ4v) is 5.44. The van der Waals surface area contributed by atoms with Crippen LogP contribution in [0.15, 0.2) is 54.6 Å².